The highest BCUT2D eigenvalue weighted by atomic mass is 127. The van der Waals surface area contributed by atoms with Crippen molar-refractivity contribution in [2.75, 3.05) is 0 Å². The van der Waals surface area contributed by atoms with Gasteiger partial charge in [-0.2, -0.15) is 105 Å². The Morgan fingerprint density at radius 2 is 0.655 bits per heavy atom. The Morgan fingerprint density at radius 1 is 0.381 bits per heavy atom. The molecule has 0 N–H and O–H groups in total. The maximum Gasteiger partial charge on any atom is 0.381 e. The first kappa shape index (κ1) is 86.4. The monoisotopic (exact) mass is 1630 g/mol. The van der Waals surface area contributed by atoms with Gasteiger partial charge in [-0.25, -0.2) is 0 Å². The summed E-state index contributed by atoms with van der Waals surface area (Å²) in [7, 11) is -25.8. The van der Waals surface area contributed by atoms with Crippen molar-refractivity contribution < 1.29 is 122 Å². The van der Waals surface area contributed by atoms with Crippen molar-refractivity contribution in [1.29, 1.82) is 0 Å². The number of alkyl halides is 26. The second-order valence-electron chi connectivity index (χ2n) is 24.9. The summed E-state index contributed by atoms with van der Waals surface area (Å²) in [6, 6.07) is -2.62. The van der Waals surface area contributed by atoms with Gasteiger partial charge < -0.3 is 16.5 Å². The Balaban J connectivity index is 0. The van der Waals surface area contributed by atoms with Crippen molar-refractivity contribution in [2.24, 2.45) is 0 Å². The minimum Gasteiger partial charge on any atom is -0.455 e. The molecule has 500 valence electrons. The van der Waals surface area contributed by atoms with Crippen LogP contribution in [0.15, 0.2) is 48.1 Å². The normalized spacial score (nSPS) is 16.7. The molecule has 0 amide bonds. The second kappa shape index (κ2) is 27.9. The number of hydrogen-bond donors (Lipinski definition) is 0. The SMILES string of the molecule is C=C[Si](C)(C)O[Si](C)(C)C=C.CCC(I)[Si](C)(C)O[Si](C)(C)C(I)CC(F)(F)C(F)(F)C(F)(F)C(F)(F)/C=C/[Si](C)(C)O[Si](C)(C)/C=C/C(F)(F)C(F)(F)C(F)(F)C(F)(F)CC[Si](C)(C)O[Si](C)(C)CCC(F)(F)C(F)(F)C(F)(F)C(C)(F)F. The summed E-state index contributed by atoms with van der Waals surface area (Å²) in [4.78, 5) is 0. The van der Waals surface area contributed by atoms with E-state index < -0.39 is 192 Å². The third-order valence-corrected chi connectivity index (χ3v) is 50.6. The molecule has 0 aromatic rings. The summed E-state index contributed by atoms with van der Waals surface area (Å²) in [5.41, 5.74) is 3.97. The van der Waals surface area contributed by atoms with Gasteiger partial charge in [-0.15, -0.1) is 13.2 Å². The summed E-state index contributed by atoms with van der Waals surface area (Å²) in [6.07, 6.45) is -7.92. The van der Waals surface area contributed by atoms with E-state index in [0.717, 1.165) is 52.4 Å². The van der Waals surface area contributed by atoms with Crippen molar-refractivity contribution in [3.63, 3.8) is 0 Å². The molecule has 0 bridgehead atoms. The molecule has 0 fully saturated rings. The third-order valence-electron chi connectivity index (χ3n) is 12.8. The maximum absolute atomic E-state index is 15.1. The second-order valence-corrected chi connectivity index (χ2v) is 63.6. The summed E-state index contributed by atoms with van der Waals surface area (Å²) < 4.78 is 372. The fraction of sp³-hybridized carbons (Fsp3) is 0.826. The van der Waals surface area contributed by atoms with Crippen LogP contribution in [0.2, 0.25) is 117 Å². The molecular formula is C46H78F24I2O4Si8. The average molecular weight is 1630 g/mol. The Bertz CT molecular complexity index is 2230. The summed E-state index contributed by atoms with van der Waals surface area (Å²) in [5, 5.41) is 0. The van der Waals surface area contributed by atoms with E-state index in [2.05, 4.69) is 61.9 Å². The van der Waals surface area contributed by atoms with Gasteiger partial charge in [-0.3, -0.25) is 0 Å². The quantitative estimate of drug-likeness (QED) is 0.0278. The van der Waals surface area contributed by atoms with Crippen molar-refractivity contribution in [1.82, 2.24) is 0 Å². The first-order chi connectivity index (χ1) is 36.1. The van der Waals surface area contributed by atoms with Gasteiger partial charge in [0, 0.05) is 33.3 Å². The van der Waals surface area contributed by atoms with Crippen molar-refractivity contribution >= 4 is 112 Å². The fourth-order valence-electron chi connectivity index (χ4n) is 7.69. The molecule has 84 heavy (non-hydrogen) atoms. The molecule has 0 aromatic heterocycles. The lowest BCUT2D eigenvalue weighted by molar-refractivity contribution is -0.362. The molecule has 0 saturated carbocycles. The van der Waals surface area contributed by atoms with E-state index in [1.165, 1.54) is 35.7 Å². The maximum atomic E-state index is 15.1. The first-order valence-electron chi connectivity index (χ1n) is 25.4. The highest BCUT2D eigenvalue weighted by Gasteiger charge is 2.82. The van der Waals surface area contributed by atoms with E-state index in [1.807, 2.05) is 11.4 Å². The zero-order chi connectivity index (χ0) is 68.5. The van der Waals surface area contributed by atoms with Crippen LogP contribution >= 0.6 is 45.2 Å². The number of allylic oxidation sites excluding steroid dienone is 2. The number of rotatable bonds is 34. The number of halogens is 26. The summed E-state index contributed by atoms with van der Waals surface area (Å²) in [5.74, 6) is -76.4. The molecule has 0 radical (unpaired) electrons. The Hall–Kier alpha value is 0.315. The topological polar surface area (TPSA) is 36.9 Å². The van der Waals surface area contributed by atoms with Gasteiger partial charge in [-0.05, 0) is 135 Å². The van der Waals surface area contributed by atoms with Crippen LogP contribution in [0.1, 0.15) is 39.5 Å². The first-order valence-corrected chi connectivity index (χ1v) is 52.1. The zero-order valence-electron chi connectivity index (χ0n) is 49.7. The zero-order valence-corrected chi connectivity index (χ0v) is 62.1. The smallest absolute Gasteiger partial charge is 0.381 e. The van der Waals surface area contributed by atoms with Crippen LogP contribution in [0.25, 0.3) is 0 Å². The van der Waals surface area contributed by atoms with E-state index >= 15 is 35.1 Å². The Kier molecular flexibility index (Phi) is 28.7. The van der Waals surface area contributed by atoms with Crippen molar-refractivity contribution in [3.8, 4) is 0 Å². The van der Waals surface area contributed by atoms with Gasteiger partial charge in [-0.1, -0.05) is 74.9 Å². The van der Waals surface area contributed by atoms with Gasteiger partial charge in [0.1, 0.15) is 0 Å². The molecule has 0 aliphatic rings. The summed E-state index contributed by atoms with van der Waals surface area (Å²) in [6.45, 7) is 30.3. The lowest BCUT2D eigenvalue weighted by atomic mass is 9.97. The molecule has 2 atom stereocenters. The molecule has 38 heteroatoms. The third kappa shape index (κ3) is 21.7. The molecule has 0 heterocycles. The predicted molar refractivity (Wildman–Crippen MR) is 317 cm³/mol. The van der Waals surface area contributed by atoms with Crippen LogP contribution in [0.3, 0.4) is 0 Å². The van der Waals surface area contributed by atoms with Crippen LogP contribution in [-0.4, -0.2) is 145 Å². The molecule has 4 nitrogen and oxygen atoms in total. The standard InChI is InChI=1S/C38H60F24I2O3Si6.C8H18OSi2/c1-15-25(63)72(11,12)67-73(13,14)26(64)24-32(49,50)38(61,62)37(59,60)31(47,48)19-23-71(9,10)66-70(7,8)22-18-30(45,46)36(57,58)35(55,56)29(43,44)17-21-69(5,6)65-68(3,4)20-16-28(41,42)34(53,54)33(51,52)27(2,39)40;1-7-10(3,4)9-11(5,6)8-2/h18-19,22-23,25-26H,15-17,20-21,24H2,1-14H3;7-8H,1-2H2,3-6H3/b22-18+,23-19+;. The van der Waals surface area contributed by atoms with Gasteiger partial charge in [0.2, 0.25) is 0 Å². The molecule has 0 aliphatic heterocycles. The number of hydrogen-bond acceptors (Lipinski definition) is 4. The van der Waals surface area contributed by atoms with E-state index in [4.69, 9.17) is 16.5 Å². The van der Waals surface area contributed by atoms with Crippen LogP contribution in [0, 0.1) is 0 Å². The van der Waals surface area contributed by atoms with Crippen molar-refractivity contribution in [2.45, 2.75) is 235 Å². The largest absolute Gasteiger partial charge is 0.455 e. The Labute approximate surface area is 512 Å². The van der Waals surface area contributed by atoms with Crippen LogP contribution < -0.4 is 0 Å². The lowest BCUT2D eigenvalue weighted by Crippen LogP contribution is -2.63. The van der Waals surface area contributed by atoms with E-state index in [1.54, 1.807) is 20.0 Å². The van der Waals surface area contributed by atoms with Gasteiger partial charge in [0.15, 0.2) is 66.5 Å². The Morgan fingerprint density at radius 3 is 0.940 bits per heavy atom. The molecule has 2 unspecified atom stereocenters. The van der Waals surface area contributed by atoms with Crippen LogP contribution in [-0.2, 0) is 16.5 Å². The van der Waals surface area contributed by atoms with E-state index in [9.17, 15) is 70.2 Å². The highest BCUT2D eigenvalue weighted by Crippen LogP contribution is 2.58. The molecule has 0 rings (SSSR count). The van der Waals surface area contributed by atoms with Crippen LogP contribution in [0.5, 0.6) is 0 Å². The van der Waals surface area contributed by atoms with Gasteiger partial charge >= 0.3 is 71.1 Å². The van der Waals surface area contributed by atoms with Gasteiger partial charge in [0.25, 0.3) is 0 Å². The molecule has 0 aliphatic carbocycles. The van der Waals surface area contributed by atoms with Crippen LogP contribution in [0.4, 0.5) is 105 Å². The minimum absolute atomic E-state index is 0.00879. The molecule has 0 saturated heterocycles. The highest BCUT2D eigenvalue weighted by molar-refractivity contribution is 14.1. The predicted octanol–water partition coefficient (Wildman–Crippen LogP) is 21.2. The summed E-state index contributed by atoms with van der Waals surface area (Å²) >= 11 is 3.38. The molecular weight excluding hydrogens is 1550 g/mol. The van der Waals surface area contributed by atoms with E-state index in [-0.39, 0.29) is 14.9 Å². The van der Waals surface area contributed by atoms with E-state index in [0.29, 0.717) is 6.42 Å². The average Bonchev–Trinajstić information content (AvgIpc) is 3.26. The minimum atomic E-state index is -7.00. The lowest BCUT2D eigenvalue weighted by Gasteiger charge is -2.41. The fourth-order valence-corrected chi connectivity index (χ4v) is 40.6. The van der Waals surface area contributed by atoms with Gasteiger partial charge in [0.05, 0.1) is 0 Å². The van der Waals surface area contributed by atoms with Crippen molar-refractivity contribution in [3.05, 3.63) is 48.1 Å². The molecule has 0 spiro atoms. The molecule has 0 aromatic carbocycles.